The highest BCUT2D eigenvalue weighted by atomic mass is 16.2. The van der Waals surface area contributed by atoms with Gasteiger partial charge < -0.3 is 16.4 Å². The minimum Gasteiger partial charge on any atom is -0.370 e. The van der Waals surface area contributed by atoms with Gasteiger partial charge in [-0.3, -0.25) is 14.3 Å². The molecule has 1 saturated carbocycles. The predicted octanol–water partition coefficient (Wildman–Crippen LogP) is 3.11. The second-order valence-electron chi connectivity index (χ2n) is 8.12. The molecule has 1 fully saturated rings. The van der Waals surface area contributed by atoms with Crippen LogP contribution in [0.5, 0.6) is 0 Å². The zero-order valence-corrected chi connectivity index (χ0v) is 19.1. The van der Waals surface area contributed by atoms with Crippen LogP contribution in [0.3, 0.4) is 0 Å². The zero-order valence-electron chi connectivity index (χ0n) is 19.1. The minimum absolute atomic E-state index is 0.00273. The Hall–Kier alpha value is -3.49. The normalized spacial score (nSPS) is 15.4. The van der Waals surface area contributed by atoms with Crippen molar-refractivity contribution in [3.05, 3.63) is 47.6 Å². The number of rotatable bonds is 10. The molecule has 9 heteroatoms. The van der Waals surface area contributed by atoms with E-state index in [9.17, 15) is 9.59 Å². The molecule has 0 radical (unpaired) electrons. The van der Waals surface area contributed by atoms with E-state index in [1.165, 1.54) is 23.7 Å². The van der Waals surface area contributed by atoms with E-state index < -0.39 is 11.8 Å². The number of aromatic nitrogens is 3. The lowest BCUT2D eigenvalue weighted by Crippen LogP contribution is -2.20. The van der Waals surface area contributed by atoms with Crippen LogP contribution in [-0.4, -0.2) is 38.8 Å². The Bertz CT molecular complexity index is 1050. The lowest BCUT2D eigenvalue weighted by molar-refractivity contribution is -0.112. The van der Waals surface area contributed by atoms with Gasteiger partial charge in [0.1, 0.15) is 11.5 Å². The van der Waals surface area contributed by atoms with Crippen LogP contribution in [0.2, 0.25) is 0 Å². The lowest BCUT2D eigenvalue weighted by atomic mass is 9.96. The summed E-state index contributed by atoms with van der Waals surface area (Å²) in [5, 5.41) is 10.1. The molecule has 0 bridgehead atoms. The maximum absolute atomic E-state index is 13.0. The number of carbonyl (C=O) groups is 2. The number of nitrogens with one attached hydrogen (secondary N) is 2. The number of amides is 2. The molecule has 3 rings (SSSR count). The molecule has 0 aromatic carbocycles. The monoisotopic (exact) mass is 437 g/mol. The van der Waals surface area contributed by atoms with Crippen molar-refractivity contribution in [2.24, 2.45) is 29.6 Å². The lowest BCUT2D eigenvalue weighted by Gasteiger charge is -2.15. The molecule has 1 aliphatic carbocycles. The maximum Gasteiger partial charge on any atom is 0.274 e. The van der Waals surface area contributed by atoms with Gasteiger partial charge in [-0.25, -0.2) is 9.98 Å². The molecule has 1 atom stereocenters. The predicted molar refractivity (Wildman–Crippen MR) is 126 cm³/mol. The molecular weight excluding hydrogens is 406 g/mol. The number of hydrogen-bond donors (Lipinski definition) is 3. The molecule has 9 nitrogen and oxygen atoms in total. The Morgan fingerprint density at radius 3 is 2.78 bits per heavy atom. The molecular formula is C23H31N7O2. The summed E-state index contributed by atoms with van der Waals surface area (Å²) in [4.78, 5) is 33.7. The highest BCUT2D eigenvalue weighted by Crippen LogP contribution is 2.29. The van der Waals surface area contributed by atoms with Gasteiger partial charge >= 0.3 is 0 Å². The van der Waals surface area contributed by atoms with E-state index in [0.717, 1.165) is 36.0 Å². The van der Waals surface area contributed by atoms with Crippen molar-refractivity contribution >= 4 is 29.0 Å². The summed E-state index contributed by atoms with van der Waals surface area (Å²) in [5.74, 6) is 0.508. The molecule has 0 saturated heterocycles. The number of primary amides is 1. The first-order valence-electron chi connectivity index (χ1n) is 10.9. The van der Waals surface area contributed by atoms with E-state index >= 15 is 0 Å². The number of hydrogen-bond acceptors (Lipinski definition) is 6. The second kappa shape index (κ2) is 10.2. The molecule has 2 aromatic rings. The molecule has 2 amide bonds. The van der Waals surface area contributed by atoms with Crippen molar-refractivity contribution in [3.63, 3.8) is 0 Å². The molecule has 2 heterocycles. The Balaban J connectivity index is 1.86. The number of pyridine rings is 1. The van der Waals surface area contributed by atoms with Crippen LogP contribution >= 0.6 is 0 Å². The first kappa shape index (κ1) is 23.2. The van der Waals surface area contributed by atoms with Gasteiger partial charge in [0.25, 0.3) is 11.8 Å². The Morgan fingerprint density at radius 1 is 1.41 bits per heavy atom. The van der Waals surface area contributed by atoms with Crippen molar-refractivity contribution < 1.29 is 9.59 Å². The smallest absolute Gasteiger partial charge is 0.274 e. The molecule has 2 aromatic heterocycles. The third-order valence-corrected chi connectivity index (χ3v) is 5.46. The summed E-state index contributed by atoms with van der Waals surface area (Å²) in [5.41, 5.74) is 7.58. The SMILES string of the molecule is C/C=C(\N=C(c1ccnc(NCC2CC2)c1)C(C)CC)C(=O)Nc1cn(C)nc1C(N)=O. The fourth-order valence-electron chi connectivity index (χ4n) is 3.23. The van der Waals surface area contributed by atoms with E-state index in [-0.39, 0.29) is 23.0 Å². The summed E-state index contributed by atoms with van der Waals surface area (Å²) in [6.07, 6.45) is 8.32. The quantitative estimate of drug-likeness (QED) is 0.389. The van der Waals surface area contributed by atoms with Crippen molar-refractivity contribution in [2.75, 3.05) is 17.2 Å². The molecule has 0 spiro atoms. The van der Waals surface area contributed by atoms with E-state index in [1.54, 1.807) is 26.2 Å². The van der Waals surface area contributed by atoms with Gasteiger partial charge in [0.15, 0.2) is 5.69 Å². The van der Waals surface area contributed by atoms with Crippen molar-refractivity contribution in [1.82, 2.24) is 14.8 Å². The summed E-state index contributed by atoms with van der Waals surface area (Å²) in [6.45, 7) is 6.83. The van der Waals surface area contributed by atoms with E-state index in [4.69, 9.17) is 10.7 Å². The first-order valence-corrected chi connectivity index (χ1v) is 10.9. The van der Waals surface area contributed by atoms with Gasteiger partial charge in [-0.15, -0.1) is 0 Å². The molecule has 1 unspecified atom stereocenters. The molecule has 32 heavy (non-hydrogen) atoms. The van der Waals surface area contributed by atoms with Gasteiger partial charge in [-0.1, -0.05) is 19.9 Å². The van der Waals surface area contributed by atoms with Crippen LogP contribution in [0.15, 0.2) is 41.3 Å². The molecule has 0 aliphatic heterocycles. The number of carbonyl (C=O) groups excluding carboxylic acids is 2. The summed E-state index contributed by atoms with van der Waals surface area (Å²) in [6, 6.07) is 3.88. The number of aryl methyl sites for hydroxylation is 1. The number of aliphatic imine (C=N–C) groups is 1. The zero-order chi connectivity index (χ0) is 23.3. The average molecular weight is 438 g/mol. The van der Waals surface area contributed by atoms with Crippen LogP contribution in [0, 0.1) is 11.8 Å². The van der Waals surface area contributed by atoms with Gasteiger partial charge in [-0.2, -0.15) is 5.10 Å². The molecule has 170 valence electrons. The van der Waals surface area contributed by atoms with Crippen molar-refractivity contribution in [1.29, 1.82) is 0 Å². The Labute approximate surface area is 188 Å². The van der Waals surface area contributed by atoms with E-state index in [0.29, 0.717) is 0 Å². The fraction of sp³-hybridized carbons (Fsp3) is 0.435. The van der Waals surface area contributed by atoms with Crippen LogP contribution in [0.4, 0.5) is 11.5 Å². The topological polar surface area (TPSA) is 127 Å². The maximum atomic E-state index is 13.0. The van der Waals surface area contributed by atoms with Crippen LogP contribution in [-0.2, 0) is 11.8 Å². The van der Waals surface area contributed by atoms with Crippen LogP contribution in [0.1, 0.15) is 56.1 Å². The highest BCUT2D eigenvalue weighted by molar-refractivity contribution is 6.11. The number of anilines is 2. The largest absolute Gasteiger partial charge is 0.370 e. The van der Waals surface area contributed by atoms with Gasteiger partial charge in [-0.05, 0) is 50.2 Å². The Morgan fingerprint density at radius 2 is 2.16 bits per heavy atom. The summed E-state index contributed by atoms with van der Waals surface area (Å²) >= 11 is 0. The third-order valence-electron chi connectivity index (χ3n) is 5.46. The number of nitrogens with zero attached hydrogens (tertiary/aromatic N) is 4. The van der Waals surface area contributed by atoms with Gasteiger partial charge in [0.2, 0.25) is 0 Å². The summed E-state index contributed by atoms with van der Waals surface area (Å²) in [7, 11) is 1.65. The van der Waals surface area contributed by atoms with Crippen molar-refractivity contribution in [3.8, 4) is 0 Å². The third kappa shape index (κ3) is 5.81. The second-order valence-corrected chi connectivity index (χ2v) is 8.12. The van der Waals surface area contributed by atoms with Gasteiger partial charge in [0.05, 0.1) is 11.4 Å². The standard InChI is InChI=1S/C23H31N7O2/c1-5-14(3)20(16-9-10-25-19(11-16)26-12-15-7-8-15)27-17(6-2)23(32)28-18-13-30(4)29-21(18)22(24)31/h6,9-11,13-15H,5,7-8,12H2,1-4H3,(H2,24,31)(H,25,26)(H,28,32)/b17-6-,27-20?. The minimum atomic E-state index is -0.713. The fourth-order valence-corrected chi connectivity index (χ4v) is 3.23. The van der Waals surface area contributed by atoms with Crippen molar-refractivity contribution in [2.45, 2.75) is 40.0 Å². The Kier molecular flexibility index (Phi) is 7.40. The van der Waals surface area contributed by atoms with Crippen LogP contribution in [0.25, 0.3) is 0 Å². The molecule has 4 N–H and O–H groups in total. The highest BCUT2D eigenvalue weighted by Gasteiger charge is 2.22. The number of nitrogens with two attached hydrogens (primary N) is 1. The van der Waals surface area contributed by atoms with E-state index in [2.05, 4.69) is 34.6 Å². The van der Waals surface area contributed by atoms with E-state index in [1.807, 2.05) is 12.1 Å². The summed E-state index contributed by atoms with van der Waals surface area (Å²) < 4.78 is 1.42. The average Bonchev–Trinajstić information content (AvgIpc) is 3.53. The van der Waals surface area contributed by atoms with Crippen LogP contribution < -0.4 is 16.4 Å². The van der Waals surface area contributed by atoms with Gasteiger partial charge in [0, 0.05) is 31.5 Å². The molecule has 1 aliphatic rings. The number of allylic oxidation sites excluding steroid dienone is 1. The first-order chi connectivity index (χ1) is 15.3.